The number of fused-ring (bicyclic) bond motifs is 1. The highest BCUT2D eigenvalue weighted by Gasteiger charge is 2.28. The van der Waals surface area contributed by atoms with Gasteiger partial charge in [0, 0.05) is 24.3 Å². The summed E-state index contributed by atoms with van der Waals surface area (Å²) in [5.74, 6) is 1.14. The van der Waals surface area contributed by atoms with Gasteiger partial charge in [0.2, 0.25) is 0 Å². The molecule has 0 amide bonds. The minimum absolute atomic E-state index is 0.473. The lowest BCUT2D eigenvalue weighted by molar-refractivity contribution is 0.762. The normalized spacial score (nSPS) is 18.6. The van der Waals surface area contributed by atoms with Crippen LogP contribution in [0.2, 0.25) is 0 Å². The highest BCUT2D eigenvalue weighted by Crippen LogP contribution is 2.44. The van der Waals surface area contributed by atoms with Crippen LogP contribution in [-0.2, 0) is 0 Å². The molecule has 1 aliphatic rings. The predicted molar refractivity (Wildman–Crippen MR) is 90.7 cm³/mol. The molecule has 1 heteroatoms. The van der Waals surface area contributed by atoms with Gasteiger partial charge in [-0.25, -0.2) is 0 Å². The standard InChI is InChI=1S/C19H29N/c1-11(2)16-9-13(5)15(7)19-18(16)17(12(3)4)10-14(6)20(19)8/h9-12,14H,1-8H3/t14-/m1/s1. The number of allylic oxidation sites excluding steroid dienone is 1. The molecule has 110 valence electrons. The number of benzene rings is 1. The fourth-order valence-corrected chi connectivity index (χ4v) is 3.26. The van der Waals surface area contributed by atoms with Gasteiger partial charge in [-0.15, -0.1) is 0 Å². The Morgan fingerprint density at radius 1 is 1.05 bits per heavy atom. The van der Waals surface area contributed by atoms with Crippen molar-refractivity contribution in [2.24, 2.45) is 5.92 Å². The first-order chi connectivity index (χ1) is 9.25. The van der Waals surface area contributed by atoms with Gasteiger partial charge >= 0.3 is 0 Å². The molecule has 0 N–H and O–H groups in total. The van der Waals surface area contributed by atoms with Crippen molar-refractivity contribution < 1.29 is 0 Å². The van der Waals surface area contributed by atoms with E-state index < -0.39 is 0 Å². The molecule has 0 unspecified atom stereocenters. The summed E-state index contributed by atoms with van der Waals surface area (Å²) < 4.78 is 0. The van der Waals surface area contributed by atoms with Crippen molar-refractivity contribution in [1.29, 1.82) is 0 Å². The van der Waals surface area contributed by atoms with E-state index in [0.717, 1.165) is 0 Å². The molecule has 0 radical (unpaired) electrons. The van der Waals surface area contributed by atoms with Crippen molar-refractivity contribution in [3.63, 3.8) is 0 Å². The summed E-state index contributed by atoms with van der Waals surface area (Å²) in [5.41, 5.74) is 8.83. The van der Waals surface area contributed by atoms with E-state index in [-0.39, 0.29) is 0 Å². The van der Waals surface area contributed by atoms with E-state index in [1.165, 1.54) is 33.5 Å². The second kappa shape index (κ2) is 5.27. The molecule has 20 heavy (non-hydrogen) atoms. The maximum absolute atomic E-state index is 2.45. The van der Waals surface area contributed by atoms with Crippen LogP contribution in [0.5, 0.6) is 0 Å². The van der Waals surface area contributed by atoms with Crippen LogP contribution in [0.3, 0.4) is 0 Å². The number of hydrogen-bond donors (Lipinski definition) is 0. The molecular formula is C19H29N. The van der Waals surface area contributed by atoms with Gasteiger partial charge in [-0.05, 0) is 54.9 Å². The monoisotopic (exact) mass is 271 g/mol. The second-order valence-electron chi connectivity index (χ2n) is 6.91. The van der Waals surface area contributed by atoms with Gasteiger partial charge in [0.1, 0.15) is 0 Å². The number of aryl methyl sites for hydroxylation is 1. The lowest BCUT2D eigenvalue weighted by Gasteiger charge is -2.38. The van der Waals surface area contributed by atoms with Gasteiger partial charge in [0.05, 0.1) is 0 Å². The Morgan fingerprint density at radius 3 is 2.15 bits per heavy atom. The highest BCUT2D eigenvalue weighted by molar-refractivity contribution is 5.86. The number of hydrogen-bond acceptors (Lipinski definition) is 1. The Morgan fingerprint density at radius 2 is 1.65 bits per heavy atom. The molecule has 0 saturated heterocycles. The fourth-order valence-electron chi connectivity index (χ4n) is 3.26. The Labute approximate surface area is 124 Å². The largest absolute Gasteiger partial charge is 0.368 e. The molecule has 1 atom stereocenters. The van der Waals surface area contributed by atoms with Crippen molar-refractivity contribution in [1.82, 2.24) is 0 Å². The van der Waals surface area contributed by atoms with Crippen LogP contribution in [0.1, 0.15) is 62.8 Å². The van der Waals surface area contributed by atoms with E-state index in [1.54, 1.807) is 0 Å². The Hall–Kier alpha value is -1.24. The van der Waals surface area contributed by atoms with E-state index in [1.807, 2.05) is 0 Å². The van der Waals surface area contributed by atoms with E-state index >= 15 is 0 Å². The summed E-state index contributed by atoms with van der Waals surface area (Å²) in [4.78, 5) is 2.44. The van der Waals surface area contributed by atoms with Crippen LogP contribution in [0.25, 0.3) is 5.57 Å². The predicted octanol–water partition coefficient (Wildman–Crippen LogP) is 5.30. The van der Waals surface area contributed by atoms with Crippen LogP contribution in [0, 0.1) is 19.8 Å². The van der Waals surface area contributed by atoms with Crippen LogP contribution < -0.4 is 4.90 Å². The van der Waals surface area contributed by atoms with Crippen molar-refractivity contribution >= 4 is 11.3 Å². The molecule has 0 spiro atoms. The van der Waals surface area contributed by atoms with Crippen LogP contribution >= 0.6 is 0 Å². The molecule has 1 nitrogen and oxygen atoms in total. The van der Waals surface area contributed by atoms with Gasteiger partial charge in [0.15, 0.2) is 0 Å². The first-order valence-electron chi connectivity index (χ1n) is 7.84. The van der Waals surface area contributed by atoms with Crippen molar-refractivity contribution in [3.05, 3.63) is 34.4 Å². The average molecular weight is 271 g/mol. The maximum atomic E-state index is 2.45. The minimum atomic E-state index is 0.473. The van der Waals surface area contributed by atoms with Gasteiger partial charge < -0.3 is 4.90 Å². The fraction of sp³-hybridized carbons (Fsp3) is 0.579. The molecule has 0 saturated carbocycles. The summed E-state index contributed by atoms with van der Waals surface area (Å²) in [5, 5.41) is 0. The zero-order chi connectivity index (χ0) is 15.2. The third-order valence-corrected chi connectivity index (χ3v) is 4.76. The summed E-state index contributed by atoms with van der Waals surface area (Å²) in [6, 6.07) is 2.87. The van der Waals surface area contributed by atoms with Gasteiger partial charge in [-0.2, -0.15) is 0 Å². The van der Waals surface area contributed by atoms with Crippen LogP contribution in [0.15, 0.2) is 12.1 Å². The number of nitrogens with zero attached hydrogens (tertiary/aromatic N) is 1. The van der Waals surface area contributed by atoms with Crippen molar-refractivity contribution in [2.45, 2.75) is 60.4 Å². The molecule has 0 fully saturated rings. The lowest BCUT2D eigenvalue weighted by Crippen LogP contribution is -2.33. The zero-order valence-electron chi connectivity index (χ0n) is 14.3. The molecule has 0 aliphatic carbocycles. The van der Waals surface area contributed by atoms with Crippen molar-refractivity contribution in [3.8, 4) is 0 Å². The van der Waals surface area contributed by atoms with Crippen LogP contribution in [0.4, 0.5) is 5.69 Å². The second-order valence-corrected chi connectivity index (χ2v) is 6.91. The maximum Gasteiger partial charge on any atom is 0.0480 e. The smallest absolute Gasteiger partial charge is 0.0480 e. The molecule has 1 aromatic rings. The number of likely N-dealkylation sites (N-methyl/N-ethyl adjacent to an activating group) is 1. The Bertz CT molecular complexity index is 549. The molecule has 1 aromatic carbocycles. The molecule has 0 bridgehead atoms. The highest BCUT2D eigenvalue weighted by atomic mass is 15.1. The molecule has 1 aliphatic heterocycles. The van der Waals surface area contributed by atoms with E-state index in [2.05, 4.69) is 72.6 Å². The first-order valence-corrected chi connectivity index (χ1v) is 7.84. The third kappa shape index (κ3) is 2.28. The Kier molecular flexibility index (Phi) is 4.00. The van der Waals surface area contributed by atoms with E-state index in [0.29, 0.717) is 17.9 Å². The SMILES string of the molecule is Cc1cc(C(C)C)c2c(c1C)N(C)[C@H](C)C=C2C(C)C. The molecule has 2 rings (SSSR count). The van der Waals surface area contributed by atoms with Crippen molar-refractivity contribution in [2.75, 3.05) is 11.9 Å². The van der Waals surface area contributed by atoms with E-state index in [4.69, 9.17) is 0 Å². The summed E-state index contributed by atoms with van der Waals surface area (Å²) in [6.07, 6.45) is 2.45. The molecule has 1 heterocycles. The quantitative estimate of drug-likeness (QED) is 0.705. The topological polar surface area (TPSA) is 3.24 Å². The summed E-state index contributed by atoms with van der Waals surface area (Å²) >= 11 is 0. The summed E-state index contributed by atoms with van der Waals surface area (Å²) in [6.45, 7) is 16.0. The van der Waals surface area contributed by atoms with E-state index in [9.17, 15) is 0 Å². The molecular weight excluding hydrogens is 242 g/mol. The Balaban J connectivity index is 2.84. The van der Waals surface area contributed by atoms with Gasteiger partial charge in [-0.3, -0.25) is 0 Å². The summed E-state index contributed by atoms with van der Waals surface area (Å²) in [7, 11) is 2.23. The number of rotatable bonds is 2. The number of anilines is 1. The lowest BCUT2D eigenvalue weighted by atomic mass is 9.80. The first kappa shape index (κ1) is 15.2. The minimum Gasteiger partial charge on any atom is -0.368 e. The van der Waals surface area contributed by atoms with Crippen LogP contribution in [-0.4, -0.2) is 13.1 Å². The third-order valence-electron chi connectivity index (χ3n) is 4.76. The van der Waals surface area contributed by atoms with Gasteiger partial charge in [-0.1, -0.05) is 39.8 Å². The average Bonchev–Trinajstić information content (AvgIpc) is 2.36. The molecule has 0 aromatic heterocycles. The zero-order valence-corrected chi connectivity index (χ0v) is 14.3. The van der Waals surface area contributed by atoms with Gasteiger partial charge in [0.25, 0.3) is 0 Å².